The number of aryl methyl sites for hydroxylation is 1. The van der Waals surface area contributed by atoms with Gasteiger partial charge in [-0.05, 0) is 49.9 Å². The van der Waals surface area contributed by atoms with Crippen molar-refractivity contribution in [1.82, 2.24) is 4.90 Å². The van der Waals surface area contributed by atoms with Crippen molar-refractivity contribution in [2.45, 2.75) is 32.7 Å². The van der Waals surface area contributed by atoms with Crippen LogP contribution < -0.4 is 5.32 Å². The lowest BCUT2D eigenvalue weighted by atomic mass is 10.1. The van der Waals surface area contributed by atoms with Gasteiger partial charge in [-0.3, -0.25) is 4.79 Å². The molecule has 0 radical (unpaired) electrons. The van der Waals surface area contributed by atoms with Crippen LogP contribution in [-0.2, 0) is 6.54 Å². The van der Waals surface area contributed by atoms with E-state index in [1.54, 1.807) is 6.07 Å². The molecule has 1 heterocycles. The van der Waals surface area contributed by atoms with E-state index in [4.69, 9.17) is 11.6 Å². The smallest absolute Gasteiger partial charge is 0.253 e. The van der Waals surface area contributed by atoms with Gasteiger partial charge in [-0.2, -0.15) is 0 Å². The van der Waals surface area contributed by atoms with Gasteiger partial charge in [0.2, 0.25) is 0 Å². The molecule has 1 aliphatic heterocycles. The SMILES string of the molecule is Cc1cccc(CNc2cc(C(=O)N3CCCCC3)ccc2Cl)c1. The van der Waals surface area contributed by atoms with Crippen molar-refractivity contribution >= 4 is 23.2 Å². The number of piperidine rings is 1. The van der Waals surface area contributed by atoms with Gasteiger partial charge in [-0.15, -0.1) is 0 Å². The van der Waals surface area contributed by atoms with Gasteiger partial charge < -0.3 is 10.2 Å². The second-order valence-electron chi connectivity index (χ2n) is 6.39. The first-order valence-electron chi connectivity index (χ1n) is 8.52. The minimum atomic E-state index is 0.102. The Balaban J connectivity index is 1.72. The zero-order chi connectivity index (χ0) is 16.9. The number of halogens is 1. The van der Waals surface area contributed by atoms with Gasteiger partial charge >= 0.3 is 0 Å². The molecule has 0 aromatic heterocycles. The minimum Gasteiger partial charge on any atom is -0.380 e. The third-order valence-electron chi connectivity index (χ3n) is 4.42. The largest absolute Gasteiger partial charge is 0.380 e. The molecule has 3 nitrogen and oxygen atoms in total. The summed E-state index contributed by atoms with van der Waals surface area (Å²) in [7, 11) is 0. The fourth-order valence-corrected chi connectivity index (χ4v) is 3.28. The molecule has 0 spiro atoms. The maximum Gasteiger partial charge on any atom is 0.253 e. The molecule has 1 N–H and O–H groups in total. The van der Waals surface area contributed by atoms with E-state index in [0.29, 0.717) is 17.1 Å². The molecule has 3 rings (SSSR count). The first kappa shape index (κ1) is 16.8. The molecule has 1 aliphatic rings. The average molecular weight is 343 g/mol. The number of rotatable bonds is 4. The van der Waals surface area contributed by atoms with Crippen LogP contribution in [0.5, 0.6) is 0 Å². The maximum absolute atomic E-state index is 12.6. The molecular formula is C20H23ClN2O. The Morgan fingerprint density at radius 1 is 1.12 bits per heavy atom. The summed E-state index contributed by atoms with van der Waals surface area (Å²) in [6, 6.07) is 13.8. The predicted molar refractivity (Wildman–Crippen MR) is 99.7 cm³/mol. The van der Waals surface area contributed by atoms with Crippen LogP contribution in [0.4, 0.5) is 5.69 Å². The second kappa shape index (κ2) is 7.71. The summed E-state index contributed by atoms with van der Waals surface area (Å²) < 4.78 is 0. The van der Waals surface area contributed by atoms with E-state index in [0.717, 1.165) is 31.6 Å². The van der Waals surface area contributed by atoms with Crippen LogP contribution in [0.2, 0.25) is 5.02 Å². The van der Waals surface area contributed by atoms with Crippen LogP contribution in [0.25, 0.3) is 0 Å². The number of amides is 1. The molecule has 4 heteroatoms. The quantitative estimate of drug-likeness (QED) is 0.858. The molecule has 24 heavy (non-hydrogen) atoms. The Labute approximate surface area is 148 Å². The van der Waals surface area contributed by atoms with Gasteiger partial charge in [0.05, 0.1) is 10.7 Å². The second-order valence-corrected chi connectivity index (χ2v) is 6.80. The first-order valence-corrected chi connectivity index (χ1v) is 8.89. The Hall–Kier alpha value is -2.00. The van der Waals surface area contributed by atoms with Crippen LogP contribution in [0.1, 0.15) is 40.7 Å². The van der Waals surface area contributed by atoms with Crippen molar-refractivity contribution < 1.29 is 4.79 Å². The normalized spacial score (nSPS) is 14.5. The highest BCUT2D eigenvalue weighted by Gasteiger charge is 2.18. The van der Waals surface area contributed by atoms with Gasteiger partial charge in [0, 0.05) is 25.2 Å². The number of nitrogens with zero attached hydrogens (tertiary/aromatic N) is 1. The summed E-state index contributed by atoms with van der Waals surface area (Å²) in [5, 5.41) is 3.99. The lowest BCUT2D eigenvalue weighted by Gasteiger charge is -2.27. The van der Waals surface area contributed by atoms with E-state index >= 15 is 0 Å². The number of nitrogens with one attached hydrogen (secondary N) is 1. The van der Waals surface area contributed by atoms with Crippen molar-refractivity contribution in [3.05, 3.63) is 64.2 Å². The molecule has 126 valence electrons. The highest BCUT2D eigenvalue weighted by molar-refractivity contribution is 6.33. The minimum absolute atomic E-state index is 0.102. The highest BCUT2D eigenvalue weighted by atomic mass is 35.5. The third kappa shape index (κ3) is 4.09. The summed E-state index contributed by atoms with van der Waals surface area (Å²) in [5.41, 5.74) is 3.93. The molecule has 0 bridgehead atoms. The maximum atomic E-state index is 12.6. The van der Waals surface area contributed by atoms with Crippen molar-refractivity contribution in [3.8, 4) is 0 Å². The lowest BCUT2D eigenvalue weighted by Crippen LogP contribution is -2.35. The number of likely N-dealkylation sites (tertiary alicyclic amines) is 1. The van der Waals surface area contributed by atoms with Crippen LogP contribution in [0, 0.1) is 6.92 Å². The molecule has 1 saturated heterocycles. The summed E-state index contributed by atoms with van der Waals surface area (Å²) >= 11 is 6.30. The number of carbonyl (C=O) groups is 1. The molecule has 0 unspecified atom stereocenters. The van der Waals surface area contributed by atoms with Crippen molar-refractivity contribution in [3.63, 3.8) is 0 Å². The highest BCUT2D eigenvalue weighted by Crippen LogP contribution is 2.25. The van der Waals surface area contributed by atoms with E-state index in [9.17, 15) is 4.79 Å². The molecule has 0 atom stereocenters. The average Bonchev–Trinajstić information content (AvgIpc) is 2.61. The number of anilines is 1. The monoisotopic (exact) mass is 342 g/mol. The number of hydrogen-bond acceptors (Lipinski definition) is 2. The number of hydrogen-bond donors (Lipinski definition) is 1. The Morgan fingerprint density at radius 3 is 2.67 bits per heavy atom. The summed E-state index contributed by atoms with van der Waals surface area (Å²) in [4.78, 5) is 14.6. The van der Waals surface area contributed by atoms with Crippen LogP contribution in [-0.4, -0.2) is 23.9 Å². The van der Waals surface area contributed by atoms with E-state index in [1.165, 1.54) is 17.5 Å². The predicted octanol–water partition coefficient (Wildman–Crippen LogP) is 4.89. The standard InChI is InChI=1S/C20H23ClN2O/c1-15-6-5-7-16(12-15)14-22-19-13-17(8-9-18(19)21)20(24)23-10-3-2-4-11-23/h5-9,12-13,22H,2-4,10-11,14H2,1H3. The van der Waals surface area contributed by atoms with Gasteiger partial charge in [-0.1, -0.05) is 41.4 Å². The van der Waals surface area contributed by atoms with Gasteiger partial charge in [0.25, 0.3) is 5.91 Å². The van der Waals surface area contributed by atoms with Crippen LogP contribution in [0.3, 0.4) is 0 Å². The van der Waals surface area contributed by atoms with Gasteiger partial charge in [0.1, 0.15) is 0 Å². The molecule has 1 fully saturated rings. The molecule has 0 aliphatic carbocycles. The lowest BCUT2D eigenvalue weighted by molar-refractivity contribution is 0.0724. The van der Waals surface area contributed by atoms with Crippen molar-refractivity contribution in [2.75, 3.05) is 18.4 Å². The molecule has 2 aromatic rings. The Kier molecular flexibility index (Phi) is 5.41. The van der Waals surface area contributed by atoms with Gasteiger partial charge in [0.15, 0.2) is 0 Å². The van der Waals surface area contributed by atoms with Crippen LogP contribution in [0.15, 0.2) is 42.5 Å². The fourth-order valence-electron chi connectivity index (χ4n) is 3.09. The summed E-state index contributed by atoms with van der Waals surface area (Å²) in [6.07, 6.45) is 3.41. The van der Waals surface area contributed by atoms with Crippen molar-refractivity contribution in [2.24, 2.45) is 0 Å². The third-order valence-corrected chi connectivity index (χ3v) is 4.75. The molecule has 0 saturated carbocycles. The molecule has 2 aromatic carbocycles. The molecular weight excluding hydrogens is 320 g/mol. The topological polar surface area (TPSA) is 32.3 Å². The summed E-state index contributed by atoms with van der Waals surface area (Å²) in [6.45, 7) is 4.47. The van der Waals surface area contributed by atoms with Gasteiger partial charge in [-0.25, -0.2) is 0 Å². The summed E-state index contributed by atoms with van der Waals surface area (Å²) in [5.74, 6) is 0.102. The van der Waals surface area contributed by atoms with E-state index in [-0.39, 0.29) is 5.91 Å². The zero-order valence-corrected chi connectivity index (χ0v) is 14.8. The van der Waals surface area contributed by atoms with E-state index < -0.39 is 0 Å². The Bertz CT molecular complexity index is 723. The fraction of sp³-hybridized carbons (Fsp3) is 0.350. The van der Waals surface area contributed by atoms with E-state index in [1.807, 2.05) is 23.1 Å². The Morgan fingerprint density at radius 2 is 1.92 bits per heavy atom. The number of carbonyl (C=O) groups excluding carboxylic acids is 1. The van der Waals surface area contributed by atoms with Crippen LogP contribution >= 0.6 is 11.6 Å². The van der Waals surface area contributed by atoms with E-state index in [2.05, 4.69) is 30.4 Å². The molecule has 1 amide bonds. The number of benzene rings is 2. The first-order chi connectivity index (χ1) is 11.6. The zero-order valence-electron chi connectivity index (χ0n) is 14.0. The van der Waals surface area contributed by atoms with Crippen molar-refractivity contribution in [1.29, 1.82) is 0 Å².